The van der Waals surface area contributed by atoms with Crippen LogP contribution in [-0.4, -0.2) is 59.2 Å². The van der Waals surface area contributed by atoms with Gasteiger partial charge in [-0.25, -0.2) is 4.79 Å². The first-order chi connectivity index (χ1) is 11.3. The third kappa shape index (κ3) is 3.74. The standard InChI is InChI=1S/C16H19N3O5.ClH/c1-4-24-17-9-11-5-7-12(8-6-11)16(2)14(22)19(10-13(20)21)15(23)18(16)3;/h5-9H,4,10H2,1-3H3,(H,20,21);1H/t16-;/m1./s1. The molecule has 1 N–H and O–H groups in total. The van der Waals surface area contributed by atoms with Gasteiger partial charge in [0.2, 0.25) is 0 Å². The van der Waals surface area contributed by atoms with Crippen LogP contribution < -0.4 is 0 Å². The Morgan fingerprint density at radius 1 is 1.32 bits per heavy atom. The van der Waals surface area contributed by atoms with E-state index in [1.807, 2.05) is 6.92 Å². The Kier molecular flexibility index (Phi) is 6.52. The number of hydrogen-bond donors (Lipinski definition) is 1. The van der Waals surface area contributed by atoms with Crippen LogP contribution in [0.15, 0.2) is 29.4 Å². The van der Waals surface area contributed by atoms with E-state index in [9.17, 15) is 14.4 Å². The number of carboxylic acids is 1. The highest BCUT2D eigenvalue weighted by Crippen LogP contribution is 2.35. The normalized spacial score (nSPS) is 20.1. The summed E-state index contributed by atoms with van der Waals surface area (Å²) >= 11 is 0. The Labute approximate surface area is 151 Å². The van der Waals surface area contributed by atoms with Gasteiger partial charge >= 0.3 is 12.0 Å². The quantitative estimate of drug-likeness (QED) is 0.467. The average molecular weight is 370 g/mol. The molecule has 0 saturated carbocycles. The van der Waals surface area contributed by atoms with E-state index in [1.165, 1.54) is 18.2 Å². The van der Waals surface area contributed by atoms with Gasteiger partial charge in [0.1, 0.15) is 18.7 Å². The van der Waals surface area contributed by atoms with Gasteiger partial charge in [0, 0.05) is 7.05 Å². The molecule has 1 aliphatic heterocycles. The highest BCUT2D eigenvalue weighted by Gasteiger charge is 2.53. The highest BCUT2D eigenvalue weighted by molar-refractivity contribution is 6.08. The largest absolute Gasteiger partial charge is 0.480 e. The third-order valence-corrected chi connectivity index (χ3v) is 4.02. The van der Waals surface area contributed by atoms with Gasteiger partial charge in [0.05, 0.1) is 6.21 Å². The van der Waals surface area contributed by atoms with E-state index in [-0.39, 0.29) is 12.4 Å². The monoisotopic (exact) mass is 369 g/mol. The van der Waals surface area contributed by atoms with Crippen LogP contribution >= 0.6 is 12.4 Å². The number of aliphatic carboxylic acids is 1. The number of carboxylic acid groups (broad SMARTS) is 1. The number of amides is 3. The summed E-state index contributed by atoms with van der Waals surface area (Å²) in [6, 6.07) is 6.27. The van der Waals surface area contributed by atoms with Gasteiger partial charge in [-0.15, -0.1) is 12.4 Å². The predicted molar refractivity (Wildman–Crippen MR) is 92.8 cm³/mol. The summed E-state index contributed by atoms with van der Waals surface area (Å²) in [5.74, 6) is -1.80. The van der Waals surface area contributed by atoms with Gasteiger partial charge in [-0.3, -0.25) is 14.5 Å². The average Bonchev–Trinajstić information content (AvgIpc) is 2.72. The molecule has 8 nitrogen and oxygen atoms in total. The second-order valence-corrected chi connectivity index (χ2v) is 5.47. The summed E-state index contributed by atoms with van der Waals surface area (Å²) in [5, 5.41) is 12.6. The van der Waals surface area contributed by atoms with Crippen molar-refractivity contribution in [2.24, 2.45) is 5.16 Å². The third-order valence-electron chi connectivity index (χ3n) is 4.02. The van der Waals surface area contributed by atoms with Crippen LogP contribution in [0.1, 0.15) is 25.0 Å². The van der Waals surface area contributed by atoms with Gasteiger partial charge in [0.25, 0.3) is 5.91 Å². The maximum absolute atomic E-state index is 12.6. The molecule has 0 radical (unpaired) electrons. The van der Waals surface area contributed by atoms with Gasteiger partial charge in [0.15, 0.2) is 0 Å². The topological polar surface area (TPSA) is 99.5 Å². The molecule has 2 rings (SSSR count). The maximum Gasteiger partial charge on any atom is 0.328 e. The molecule has 1 saturated heterocycles. The molecule has 3 amide bonds. The summed E-state index contributed by atoms with van der Waals surface area (Å²) < 4.78 is 0. The van der Waals surface area contributed by atoms with Crippen molar-refractivity contribution < 1.29 is 24.3 Å². The molecule has 0 aliphatic carbocycles. The fraction of sp³-hybridized carbons (Fsp3) is 0.375. The first kappa shape index (κ1) is 20.4. The Hall–Kier alpha value is -2.61. The van der Waals surface area contributed by atoms with Crippen molar-refractivity contribution in [2.45, 2.75) is 19.4 Å². The van der Waals surface area contributed by atoms with Gasteiger partial charge in [-0.1, -0.05) is 29.4 Å². The number of oxime groups is 1. The minimum atomic E-state index is -1.25. The van der Waals surface area contributed by atoms with Crippen molar-refractivity contribution >= 4 is 36.5 Å². The Bertz CT molecular complexity index is 692. The number of benzene rings is 1. The minimum absolute atomic E-state index is 0. The van der Waals surface area contributed by atoms with Crippen LogP contribution in [0, 0.1) is 0 Å². The van der Waals surface area contributed by atoms with Gasteiger partial charge < -0.3 is 14.8 Å². The van der Waals surface area contributed by atoms with E-state index in [1.54, 1.807) is 31.2 Å². The molecule has 9 heteroatoms. The number of imide groups is 1. The fourth-order valence-electron chi connectivity index (χ4n) is 2.52. The lowest BCUT2D eigenvalue weighted by Gasteiger charge is -2.29. The molecule has 1 atom stereocenters. The van der Waals surface area contributed by atoms with Crippen LogP contribution in [0.2, 0.25) is 0 Å². The molecule has 0 bridgehead atoms. The number of nitrogens with zero attached hydrogens (tertiary/aromatic N) is 3. The van der Waals surface area contributed by atoms with Crippen LogP contribution in [-0.2, 0) is 20.0 Å². The van der Waals surface area contributed by atoms with Gasteiger partial charge in [-0.05, 0) is 25.0 Å². The second-order valence-electron chi connectivity index (χ2n) is 5.47. The SMILES string of the molecule is CCON=Cc1ccc([C@]2(C)C(=O)N(CC(=O)O)C(=O)N2C)cc1.Cl. The van der Waals surface area contributed by atoms with Crippen molar-refractivity contribution in [1.82, 2.24) is 9.80 Å². The van der Waals surface area contributed by atoms with Crippen molar-refractivity contribution in [2.75, 3.05) is 20.2 Å². The molecule has 1 aliphatic rings. The molecular formula is C16H20ClN3O5. The molecule has 1 aromatic carbocycles. The number of urea groups is 1. The smallest absolute Gasteiger partial charge is 0.328 e. The zero-order valence-corrected chi connectivity index (χ0v) is 14.9. The summed E-state index contributed by atoms with van der Waals surface area (Å²) in [7, 11) is 1.48. The highest BCUT2D eigenvalue weighted by atomic mass is 35.5. The number of carbonyl (C=O) groups is 3. The molecule has 136 valence electrons. The molecule has 0 unspecified atom stereocenters. The van der Waals surface area contributed by atoms with Crippen LogP contribution in [0.5, 0.6) is 0 Å². The van der Waals surface area contributed by atoms with Crippen LogP contribution in [0.4, 0.5) is 4.79 Å². The van der Waals surface area contributed by atoms with E-state index in [0.29, 0.717) is 12.2 Å². The van der Waals surface area contributed by atoms with Crippen LogP contribution in [0.3, 0.4) is 0 Å². The number of hydrogen-bond acceptors (Lipinski definition) is 5. The Morgan fingerprint density at radius 3 is 2.44 bits per heavy atom. The molecule has 0 spiro atoms. The Balaban J connectivity index is 0.00000312. The zero-order chi connectivity index (χ0) is 17.9. The molecule has 0 aromatic heterocycles. The lowest BCUT2D eigenvalue weighted by atomic mass is 9.90. The molecule has 1 heterocycles. The van der Waals surface area contributed by atoms with E-state index in [0.717, 1.165) is 10.5 Å². The number of likely N-dealkylation sites (N-methyl/N-ethyl adjacent to an activating group) is 1. The molecule has 1 fully saturated rings. The van der Waals surface area contributed by atoms with E-state index >= 15 is 0 Å². The Morgan fingerprint density at radius 2 is 1.92 bits per heavy atom. The van der Waals surface area contributed by atoms with Crippen molar-refractivity contribution in [3.8, 4) is 0 Å². The summed E-state index contributed by atoms with van der Waals surface area (Å²) in [6.07, 6.45) is 1.54. The maximum atomic E-state index is 12.6. The second kappa shape index (κ2) is 7.98. The fourth-order valence-corrected chi connectivity index (χ4v) is 2.52. The first-order valence-electron chi connectivity index (χ1n) is 7.39. The molecule has 25 heavy (non-hydrogen) atoms. The van der Waals surface area contributed by atoms with Crippen molar-refractivity contribution in [1.29, 1.82) is 0 Å². The van der Waals surface area contributed by atoms with Crippen molar-refractivity contribution in [3.63, 3.8) is 0 Å². The number of halogens is 1. The van der Waals surface area contributed by atoms with Gasteiger partial charge in [-0.2, -0.15) is 0 Å². The van der Waals surface area contributed by atoms with Crippen molar-refractivity contribution in [3.05, 3.63) is 35.4 Å². The summed E-state index contributed by atoms with van der Waals surface area (Å²) in [5.41, 5.74) is 0.115. The minimum Gasteiger partial charge on any atom is -0.480 e. The lowest BCUT2D eigenvalue weighted by Crippen LogP contribution is -2.42. The van der Waals surface area contributed by atoms with E-state index in [2.05, 4.69) is 5.16 Å². The zero-order valence-electron chi connectivity index (χ0n) is 14.1. The number of rotatable bonds is 6. The predicted octanol–water partition coefficient (Wildman–Crippen LogP) is 1.67. The van der Waals surface area contributed by atoms with E-state index < -0.39 is 30.0 Å². The molecule has 1 aromatic rings. The number of carbonyl (C=O) groups excluding carboxylic acids is 2. The molecular weight excluding hydrogens is 350 g/mol. The first-order valence-corrected chi connectivity index (χ1v) is 7.39. The van der Waals surface area contributed by atoms with Crippen LogP contribution in [0.25, 0.3) is 0 Å². The lowest BCUT2D eigenvalue weighted by molar-refractivity contribution is -0.143. The summed E-state index contributed by atoms with van der Waals surface area (Å²) in [6.45, 7) is 3.23. The van der Waals surface area contributed by atoms with E-state index in [4.69, 9.17) is 9.94 Å². The summed E-state index contributed by atoms with van der Waals surface area (Å²) in [4.78, 5) is 42.6.